The maximum Gasteiger partial charge on any atom is 0.118 e. The molecule has 0 radical (unpaired) electrons. The van der Waals surface area contributed by atoms with Gasteiger partial charge in [-0.1, -0.05) is 18.6 Å². The minimum absolute atomic E-state index is 0.305. The summed E-state index contributed by atoms with van der Waals surface area (Å²) in [7, 11) is 1.67. The van der Waals surface area contributed by atoms with Gasteiger partial charge in [-0.05, 0) is 43.5 Å². The van der Waals surface area contributed by atoms with Crippen molar-refractivity contribution in [3.8, 4) is 5.75 Å². The fourth-order valence-corrected chi connectivity index (χ4v) is 3.50. The molecule has 1 N–H and O–H groups in total. The molecule has 0 aliphatic carbocycles. The van der Waals surface area contributed by atoms with Gasteiger partial charge >= 0.3 is 0 Å². The summed E-state index contributed by atoms with van der Waals surface area (Å²) < 4.78 is 5.18. The normalized spacial score (nSPS) is 32.2. The van der Waals surface area contributed by atoms with Gasteiger partial charge in [-0.2, -0.15) is 0 Å². The quantitative estimate of drug-likeness (QED) is 0.869. The molecule has 2 aliphatic rings. The fraction of sp³-hybridized carbons (Fsp3) is 0.600. The lowest BCUT2D eigenvalue weighted by atomic mass is 9.83. The highest BCUT2D eigenvalue weighted by molar-refractivity contribution is 5.33. The van der Waals surface area contributed by atoms with Crippen LogP contribution in [0.3, 0.4) is 0 Å². The Hall–Kier alpha value is -1.06. The number of hydrogen-bond donors (Lipinski definition) is 1. The number of fused-ring (bicyclic) bond motifs is 1. The Bertz CT molecular complexity index is 417. The number of hydrogen-bond acceptors (Lipinski definition) is 3. The van der Waals surface area contributed by atoms with Crippen LogP contribution < -0.4 is 4.74 Å². The molecule has 1 aromatic carbocycles. The molecule has 0 saturated carbocycles. The lowest BCUT2D eigenvalue weighted by Gasteiger charge is -2.37. The highest BCUT2D eigenvalue weighted by Gasteiger charge is 2.47. The molecule has 2 fully saturated rings. The average molecular weight is 247 g/mol. The van der Waals surface area contributed by atoms with E-state index in [-0.39, 0.29) is 0 Å². The zero-order valence-corrected chi connectivity index (χ0v) is 10.9. The van der Waals surface area contributed by atoms with Crippen LogP contribution in [0, 0.1) is 0 Å². The summed E-state index contributed by atoms with van der Waals surface area (Å²) in [5.74, 6) is 0.848. The molecule has 0 amide bonds. The molecule has 0 spiro atoms. The molecule has 2 saturated heterocycles. The molecule has 2 heterocycles. The van der Waals surface area contributed by atoms with Crippen molar-refractivity contribution >= 4 is 0 Å². The zero-order chi connectivity index (χ0) is 12.6. The lowest BCUT2D eigenvalue weighted by Crippen LogP contribution is -2.45. The minimum atomic E-state index is -0.660. The van der Waals surface area contributed by atoms with Crippen LogP contribution in [0.4, 0.5) is 0 Å². The standard InChI is InChI=1S/C15H21NO2/c1-18-13-7-5-12(6-8-13)15(17)9-11-16-10-3-2-4-14(15)16/h5-8,14,17H,2-4,9-11H2,1H3. The summed E-state index contributed by atoms with van der Waals surface area (Å²) in [6.45, 7) is 2.16. The molecule has 2 atom stereocenters. The Labute approximate surface area is 108 Å². The van der Waals surface area contributed by atoms with Crippen LogP contribution in [0.15, 0.2) is 24.3 Å². The Morgan fingerprint density at radius 2 is 2.00 bits per heavy atom. The number of rotatable bonds is 2. The maximum absolute atomic E-state index is 11.0. The van der Waals surface area contributed by atoms with E-state index in [1.54, 1.807) is 7.11 Å². The van der Waals surface area contributed by atoms with Crippen molar-refractivity contribution in [3.63, 3.8) is 0 Å². The van der Waals surface area contributed by atoms with Gasteiger partial charge in [0, 0.05) is 12.6 Å². The first-order chi connectivity index (χ1) is 8.74. The van der Waals surface area contributed by atoms with Crippen LogP contribution in [0.25, 0.3) is 0 Å². The van der Waals surface area contributed by atoms with Gasteiger partial charge < -0.3 is 9.84 Å². The predicted octanol–water partition coefficient (Wildman–Crippen LogP) is 2.14. The molecular weight excluding hydrogens is 226 g/mol. The van der Waals surface area contributed by atoms with E-state index in [1.165, 1.54) is 12.8 Å². The van der Waals surface area contributed by atoms with Gasteiger partial charge in [-0.25, -0.2) is 0 Å². The SMILES string of the molecule is COc1ccc(C2(O)CCN3CCCCC32)cc1. The van der Waals surface area contributed by atoms with E-state index < -0.39 is 5.60 Å². The van der Waals surface area contributed by atoms with Crippen molar-refractivity contribution in [2.24, 2.45) is 0 Å². The second-order valence-corrected chi connectivity index (χ2v) is 5.45. The number of nitrogens with zero attached hydrogens (tertiary/aromatic N) is 1. The highest BCUT2D eigenvalue weighted by atomic mass is 16.5. The van der Waals surface area contributed by atoms with E-state index in [0.717, 1.165) is 37.2 Å². The Balaban J connectivity index is 1.88. The summed E-state index contributed by atoms with van der Waals surface area (Å²) >= 11 is 0. The van der Waals surface area contributed by atoms with E-state index >= 15 is 0 Å². The molecule has 2 aliphatic heterocycles. The third-order valence-electron chi connectivity index (χ3n) is 4.53. The molecule has 2 unspecified atom stereocenters. The van der Waals surface area contributed by atoms with Crippen LogP contribution >= 0.6 is 0 Å². The van der Waals surface area contributed by atoms with Gasteiger partial charge in [-0.3, -0.25) is 4.90 Å². The third kappa shape index (κ3) is 1.82. The van der Waals surface area contributed by atoms with E-state index in [2.05, 4.69) is 4.90 Å². The Kier molecular flexibility index (Phi) is 3.04. The molecule has 3 rings (SSSR count). The topological polar surface area (TPSA) is 32.7 Å². The molecular formula is C15H21NO2. The van der Waals surface area contributed by atoms with Gasteiger partial charge in [-0.15, -0.1) is 0 Å². The van der Waals surface area contributed by atoms with Gasteiger partial charge in [0.1, 0.15) is 11.4 Å². The average Bonchev–Trinajstić information content (AvgIpc) is 2.78. The van der Waals surface area contributed by atoms with Crippen LogP contribution in [-0.2, 0) is 5.60 Å². The Morgan fingerprint density at radius 1 is 1.22 bits per heavy atom. The van der Waals surface area contributed by atoms with Crippen LogP contribution in [-0.4, -0.2) is 36.2 Å². The summed E-state index contributed by atoms with van der Waals surface area (Å²) in [4.78, 5) is 2.45. The Morgan fingerprint density at radius 3 is 2.72 bits per heavy atom. The van der Waals surface area contributed by atoms with Crippen LogP contribution in [0.2, 0.25) is 0 Å². The van der Waals surface area contributed by atoms with Crippen molar-refractivity contribution in [1.29, 1.82) is 0 Å². The summed E-state index contributed by atoms with van der Waals surface area (Å²) in [6, 6.07) is 8.21. The van der Waals surface area contributed by atoms with Crippen molar-refractivity contribution < 1.29 is 9.84 Å². The van der Waals surface area contributed by atoms with Crippen molar-refractivity contribution in [2.75, 3.05) is 20.2 Å². The molecule has 98 valence electrons. The second kappa shape index (κ2) is 4.56. The van der Waals surface area contributed by atoms with E-state index in [4.69, 9.17) is 4.74 Å². The number of methoxy groups -OCH3 is 1. The predicted molar refractivity (Wildman–Crippen MR) is 70.7 cm³/mol. The van der Waals surface area contributed by atoms with E-state index in [0.29, 0.717) is 6.04 Å². The molecule has 3 heteroatoms. The monoisotopic (exact) mass is 247 g/mol. The summed E-state index contributed by atoms with van der Waals surface area (Å²) in [5.41, 5.74) is 0.380. The first-order valence-electron chi connectivity index (χ1n) is 6.85. The molecule has 1 aromatic rings. The van der Waals surface area contributed by atoms with Gasteiger partial charge in [0.05, 0.1) is 7.11 Å². The second-order valence-electron chi connectivity index (χ2n) is 5.45. The number of ether oxygens (including phenoxy) is 1. The molecule has 0 bridgehead atoms. The third-order valence-corrected chi connectivity index (χ3v) is 4.53. The highest BCUT2D eigenvalue weighted by Crippen LogP contribution is 2.42. The summed E-state index contributed by atoms with van der Waals surface area (Å²) in [6.07, 6.45) is 4.47. The molecule has 0 aromatic heterocycles. The van der Waals surface area contributed by atoms with Crippen molar-refractivity contribution in [1.82, 2.24) is 4.90 Å². The molecule has 18 heavy (non-hydrogen) atoms. The lowest BCUT2D eigenvalue weighted by molar-refractivity contribution is -0.0138. The van der Waals surface area contributed by atoms with Gasteiger partial charge in [0.25, 0.3) is 0 Å². The van der Waals surface area contributed by atoms with Crippen LogP contribution in [0.1, 0.15) is 31.2 Å². The minimum Gasteiger partial charge on any atom is -0.497 e. The number of aliphatic hydroxyl groups is 1. The maximum atomic E-state index is 11.0. The first kappa shape index (κ1) is 12.0. The van der Waals surface area contributed by atoms with E-state index in [9.17, 15) is 5.11 Å². The first-order valence-corrected chi connectivity index (χ1v) is 6.85. The number of piperidine rings is 1. The van der Waals surface area contributed by atoms with Gasteiger partial charge in [0.15, 0.2) is 0 Å². The van der Waals surface area contributed by atoms with Crippen molar-refractivity contribution in [2.45, 2.75) is 37.3 Å². The van der Waals surface area contributed by atoms with Crippen molar-refractivity contribution in [3.05, 3.63) is 29.8 Å². The molecule has 3 nitrogen and oxygen atoms in total. The van der Waals surface area contributed by atoms with E-state index in [1.807, 2.05) is 24.3 Å². The number of benzene rings is 1. The zero-order valence-electron chi connectivity index (χ0n) is 10.9. The smallest absolute Gasteiger partial charge is 0.118 e. The largest absolute Gasteiger partial charge is 0.497 e. The van der Waals surface area contributed by atoms with Crippen LogP contribution in [0.5, 0.6) is 5.75 Å². The summed E-state index contributed by atoms with van der Waals surface area (Å²) in [5, 5.41) is 11.0. The van der Waals surface area contributed by atoms with Gasteiger partial charge in [0.2, 0.25) is 0 Å². The fourth-order valence-electron chi connectivity index (χ4n) is 3.50.